The number of hydrogen-bond donors (Lipinski definition) is 2. The number of halogens is 2. The van der Waals surface area contributed by atoms with Gasteiger partial charge >= 0.3 is 0 Å². The summed E-state index contributed by atoms with van der Waals surface area (Å²) in [5.41, 5.74) is 2.98. The van der Waals surface area contributed by atoms with Crippen LogP contribution in [0.25, 0.3) is 11.3 Å². The molecule has 2 aromatic carbocycles. The van der Waals surface area contributed by atoms with Gasteiger partial charge in [-0.15, -0.1) is 0 Å². The minimum absolute atomic E-state index is 0.199. The molecule has 2 N–H and O–H groups in total. The van der Waals surface area contributed by atoms with Gasteiger partial charge in [0.1, 0.15) is 0 Å². The van der Waals surface area contributed by atoms with Crippen molar-refractivity contribution in [3.8, 4) is 22.8 Å². The number of carbonyl (C=O) groups excluding carboxylic acids is 1. The summed E-state index contributed by atoms with van der Waals surface area (Å²) in [5.74, 6) is 1.09. The normalized spacial score (nSPS) is 10.6. The SMILES string of the molecule is COc1cc(Br)c(CCNC(=O)c2cn[nH]c2-c2ccc(Cl)cc2)cc1OC. The average Bonchev–Trinajstić information content (AvgIpc) is 3.19. The number of rotatable bonds is 7. The molecule has 0 aliphatic rings. The minimum Gasteiger partial charge on any atom is -0.493 e. The Labute approximate surface area is 176 Å². The smallest absolute Gasteiger partial charge is 0.255 e. The summed E-state index contributed by atoms with van der Waals surface area (Å²) in [4.78, 5) is 12.6. The molecule has 0 saturated carbocycles. The topological polar surface area (TPSA) is 76.2 Å². The Bertz CT molecular complexity index is 973. The number of aromatic amines is 1. The standard InChI is InChI=1S/C20H19BrClN3O3/c1-27-17-9-13(16(21)10-18(17)28-2)7-8-23-20(26)15-11-24-25-19(15)12-3-5-14(22)6-4-12/h3-6,9-11H,7-8H2,1-2H3,(H,23,26)(H,24,25). The highest BCUT2D eigenvalue weighted by molar-refractivity contribution is 9.10. The van der Waals surface area contributed by atoms with Crippen LogP contribution in [-0.2, 0) is 6.42 Å². The number of benzene rings is 2. The second kappa shape index (κ2) is 9.12. The van der Waals surface area contributed by atoms with E-state index < -0.39 is 0 Å². The summed E-state index contributed by atoms with van der Waals surface area (Å²) >= 11 is 9.46. The maximum Gasteiger partial charge on any atom is 0.255 e. The van der Waals surface area contributed by atoms with Crippen molar-refractivity contribution in [1.29, 1.82) is 0 Å². The Morgan fingerprint density at radius 2 is 1.86 bits per heavy atom. The molecule has 3 aromatic rings. The van der Waals surface area contributed by atoms with Gasteiger partial charge in [-0.1, -0.05) is 39.7 Å². The largest absolute Gasteiger partial charge is 0.493 e. The third-order valence-electron chi connectivity index (χ3n) is 4.25. The van der Waals surface area contributed by atoms with E-state index >= 15 is 0 Å². The molecule has 1 heterocycles. The molecule has 0 aliphatic heterocycles. The molecular formula is C20H19BrClN3O3. The highest BCUT2D eigenvalue weighted by Gasteiger charge is 2.15. The number of amides is 1. The molecule has 0 bridgehead atoms. The average molecular weight is 465 g/mol. The first kappa shape index (κ1) is 20.2. The van der Waals surface area contributed by atoms with Gasteiger partial charge in [-0.2, -0.15) is 5.10 Å². The number of nitrogens with zero attached hydrogens (tertiary/aromatic N) is 1. The quantitative estimate of drug-likeness (QED) is 0.540. The molecule has 0 atom stereocenters. The first-order chi connectivity index (χ1) is 13.5. The first-order valence-electron chi connectivity index (χ1n) is 8.51. The van der Waals surface area contributed by atoms with Gasteiger partial charge in [0.05, 0.1) is 31.7 Å². The number of aromatic nitrogens is 2. The van der Waals surface area contributed by atoms with Gasteiger partial charge in [-0.3, -0.25) is 9.89 Å². The summed E-state index contributed by atoms with van der Waals surface area (Å²) in [5, 5.41) is 10.4. The molecule has 1 amide bonds. The van der Waals surface area contributed by atoms with Crippen LogP contribution in [0.15, 0.2) is 47.1 Å². The third-order valence-corrected chi connectivity index (χ3v) is 5.24. The zero-order valence-electron chi connectivity index (χ0n) is 15.4. The van der Waals surface area contributed by atoms with Gasteiger partial charge in [-0.05, 0) is 36.2 Å². The molecule has 8 heteroatoms. The Morgan fingerprint density at radius 3 is 2.54 bits per heavy atom. The van der Waals surface area contributed by atoms with Gasteiger partial charge in [0.25, 0.3) is 5.91 Å². The Morgan fingerprint density at radius 1 is 1.18 bits per heavy atom. The molecule has 3 rings (SSSR count). The fourth-order valence-electron chi connectivity index (χ4n) is 2.79. The molecule has 0 spiro atoms. The lowest BCUT2D eigenvalue weighted by molar-refractivity contribution is 0.0955. The molecule has 28 heavy (non-hydrogen) atoms. The number of ether oxygens (including phenoxy) is 2. The lowest BCUT2D eigenvalue weighted by Gasteiger charge is -2.12. The molecule has 0 radical (unpaired) electrons. The summed E-state index contributed by atoms with van der Waals surface area (Å²) < 4.78 is 11.5. The van der Waals surface area contributed by atoms with Gasteiger partial charge in [0.15, 0.2) is 11.5 Å². The van der Waals surface area contributed by atoms with Crippen LogP contribution in [0.3, 0.4) is 0 Å². The molecule has 146 valence electrons. The Hall–Kier alpha value is -2.51. The van der Waals surface area contributed by atoms with Crippen molar-refractivity contribution in [2.24, 2.45) is 0 Å². The van der Waals surface area contributed by atoms with Crippen LogP contribution in [0.1, 0.15) is 15.9 Å². The van der Waals surface area contributed by atoms with Crippen LogP contribution in [0.2, 0.25) is 5.02 Å². The summed E-state index contributed by atoms with van der Waals surface area (Å²) in [6.45, 7) is 0.457. The van der Waals surface area contributed by atoms with Crippen molar-refractivity contribution in [3.63, 3.8) is 0 Å². The minimum atomic E-state index is -0.199. The maximum atomic E-state index is 12.6. The monoisotopic (exact) mass is 463 g/mol. The van der Waals surface area contributed by atoms with Crippen LogP contribution in [0.4, 0.5) is 0 Å². The van der Waals surface area contributed by atoms with Crippen molar-refractivity contribution < 1.29 is 14.3 Å². The van der Waals surface area contributed by atoms with Crippen molar-refractivity contribution in [1.82, 2.24) is 15.5 Å². The van der Waals surface area contributed by atoms with Crippen LogP contribution in [0, 0.1) is 0 Å². The molecule has 6 nitrogen and oxygen atoms in total. The van der Waals surface area contributed by atoms with Crippen molar-refractivity contribution in [2.45, 2.75) is 6.42 Å². The fraction of sp³-hybridized carbons (Fsp3) is 0.200. The number of nitrogens with one attached hydrogen (secondary N) is 2. The van der Waals surface area contributed by atoms with E-state index in [0.29, 0.717) is 40.7 Å². The van der Waals surface area contributed by atoms with E-state index in [0.717, 1.165) is 15.6 Å². The number of methoxy groups -OCH3 is 2. The molecule has 0 unspecified atom stereocenters. The summed E-state index contributed by atoms with van der Waals surface area (Å²) in [6, 6.07) is 11.0. The van der Waals surface area contributed by atoms with Gasteiger partial charge in [0.2, 0.25) is 0 Å². The molecular weight excluding hydrogens is 446 g/mol. The van der Waals surface area contributed by atoms with E-state index in [1.54, 1.807) is 26.4 Å². The van der Waals surface area contributed by atoms with E-state index in [1.165, 1.54) is 6.20 Å². The van der Waals surface area contributed by atoms with E-state index in [9.17, 15) is 4.79 Å². The molecule has 0 aliphatic carbocycles. The predicted octanol–water partition coefficient (Wildman–Crippen LogP) is 4.48. The molecule has 0 fully saturated rings. The zero-order chi connectivity index (χ0) is 20.1. The number of carbonyl (C=O) groups is 1. The number of hydrogen-bond acceptors (Lipinski definition) is 4. The molecule has 1 aromatic heterocycles. The van der Waals surface area contributed by atoms with E-state index in [1.807, 2.05) is 24.3 Å². The van der Waals surface area contributed by atoms with Crippen molar-refractivity contribution in [2.75, 3.05) is 20.8 Å². The van der Waals surface area contributed by atoms with Crippen LogP contribution in [-0.4, -0.2) is 36.9 Å². The van der Waals surface area contributed by atoms with E-state index in [-0.39, 0.29) is 5.91 Å². The lowest BCUT2D eigenvalue weighted by atomic mass is 10.1. The van der Waals surface area contributed by atoms with Crippen molar-refractivity contribution in [3.05, 3.63) is 63.2 Å². The van der Waals surface area contributed by atoms with E-state index in [2.05, 4.69) is 31.4 Å². The van der Waals surface area contributed by atoms with Crippen molar-refractivity contribution >= 4 is 33.4 Å². The highest BCUT2D eigenvalue weighted by atomic mass is 79.9. The van der Waals surface area contributed by atoms with Gasteiger partial charge in [0, 0.05) is 21.6 Å². The van der Waals surface area contributed by atoms with Gasteiger partial charge in [-0.25, -0.2) is 0 Å². The third kappa shape index (κ3) is 4.48. The van der Waals surface area contributed by atoms with Crippen LogP contribution in [0.5, 0.6) is 11.5 Å². The predicted molar refractivity (Wildman–Crippen MR) is 112 cm³/mol. The van der Waals surface area contributed by atoms with Crippen LogP contribution < -0.4 is 14.8 Å². The zero-order valence-corrected chi connectivity index (χ0v) is 17.7. The fourth-order valence-corrected chi connectivity index (χ4v) is 3.44. The first-order valence-corrected chi connectivity index (χ1v) is 9.68. The highest BCUT2D eigenvalue weighted by Crippen LogP contribution is 2.33. The van der Waals surface area contributed by atoms with Crippen LogP contribution >= 0.6 is 27.5 Å². The lowest BCUT2D eigenvalue weighted by Crippen LogP contribution is -2.26. The second-order valence-electron chi connectivity index (χ2n) is 5.97. The summed E-state index contributed by atoms with van der Waals surface area (Å²) in [7, 11) is 3.18. The maximum absolute atomic E-state index is 12.6. The van der Waals surface area contributed by atoms with E-state index in [4.69, 9.17) is 21.1 Å². The Balaban J connectivity index is 1.68. The number of H-pyrrole nitrogens is 1. The van der Waals surface area contributed by atoms with Gasteiger partial charge < -0.3 is 14.8 Å². The Kier molecular flexibility index (Phi) is 6.59. The molecule has 0 saturated heterocycles. The summed E-state index contributed by atoms with van der Waals surface area (Å²) in [6.07, 6.45) is 2.15. The second-order valence-corrected chi connectivity index (χ2v) is 7.26.